The number of rotatable bonds is 4. The first kappa shape index (κ1) is 16.2. The molecule has 1 saturated heterocycles. The Hall–Kier alpha value is -2.70. The summed E-state index contributed by atoms with van der Waals surface area (Å²) in [6.45, 7) is 3.01. The quantitative estimate of drug-likeness (QED) is 0.846. The highest BCUT2D eigenvalue weighted by molar-refractivity contribution is 5.88. The van der Waals surface area contributed by atoms with Crippen molar-refractivity contribution < 1.29 is 14.3 Å². The normalized spacial score (nSPS) is 15.5. The number of nitrogens with zero attached hydrogens (tertiary/aromatic N) is 2. The molecule has 7 nitrogen and oxygen atoms in total. The third kappa shape index (κ3) is 3.29. The van der Waals surface area contributed by atoms with Crippen LogP contribution in [-0.2, 0) is 20.7 Å². The van der Waals surface area contributed by atoms with Crippen LogP contribution >= 0.6 is 0 Å². The summed E-state index contributed by atoms with van der Waals surface area (Å²) < 4.78 is 5.25. The third-order valence-corrected chi connectivity index (χ3v) is 4.16. The number of aromatic nitrogens is 2. The zero-order valence-corrected chi connectivity index (χ0v) is 13.4. The van der Waals surface area contributed by atoms with Crippen molar-refractivity contribution in [2.45, 2.75) is 32.3 Å². The van der Waals surface area contributed by atoms with Crippen molar-refractivity contribution in [3.05, 3.63) is 40.3 Å². The zero-order chi connectivity index (χ0) is 17.1. The number of carbonyl (C=O) groups excluding carboxylic acids is 2. The molecule has 0 saturated carbocycles. The number of hydrogen-bond donors (Lipinski definition) is 1. The Kier molecular flexibility index (Phi) is 4.59. The second-order valence-electron chi connectivity index (χ2n) is 5.89. The molecule has 1 N–H and O–H groups in total. The number of likely N-dealkylation sites (tertiary alicyclic amines) is 1. The number of aromatic amines is 1. The lowest BCUT2D eigenvalue weighted by Crippen LogP contribution is -2.38. The molecule has 126 valence electrons. The average Bonchev–Trinajstić information content (AvgIpc) is 3.11. The summed E-state index contributed by atoms with van der Waals surface area (Å²) in [6, 6.07) is 6.93. The molecular weight excluding hydrogens is 310 g/mol. The number of nitrogens with one attached hydrogen (secondary N) is 1. The molecule has 1 aliphatic rings. The standard InChI is InChI=1S/C17H19N3O4/c1-11(17(23)20-8-4-5-9-20)24-15(21)10-14-12-6-2-3-7-13(12)16(22)19-18-14/h2-3,6-7,11H,4-5,8-10H2,1H3,(H,19,22)/t11-/m1/s1. The van der Waals surface area contributed by atoms with Crippen LogP contribution in [0.2, 0.25) is 0 Å². The number of carbonyl (C=O) groups is 2. The van der Waals surface area contributed by atoms with Gasteiger partial charge in [-0.05, 0) is 25.8 Å². The Bertz CT molecular complexity index is 824. The maximum Gasteiger partial charge on any atom is 0.312 e. The number of benzene rings is 1. The largest absolute Gasteiger partial charge is 0.452 e. The van der Waals surface area contributed by atoms with E-state index in [0.29, 0.717) is 29.6 Å². The van der Waals surface area contributed by atoms with Crippen molar-refractivity contribution in [3.8, 4) is 0 Å². The molecule has 0 bridgehead atoms. The third-order valence-electron chi connectivity index (χ3n) is 4.16. The van der Waals surface area contributed by atoms with E-state index in [1.54, 1.807) is 36.1 Å². The van der Waals surface area contributed by atoms with Gasteiger partial charge in [-0.1, -0.05) is 18.2 Å². The predicted octanol–water partition coefficient (Wildman–Crippen LogP) is 1.02. The topological polar surface area (TPSA) is 92.4 Å². The number of hydrogen-bond acceptors (Lipinski definition) is 5. The van der Waals surface area contributed by atoms with Gasteiger partial charge in [-0.3, -0.25) is 14.4 Å². The van der Waals surface area contributed by atoms with Gasteiger partial charge in [-0.25, -0.2) is 5.10 Å². The number of ether oxygens (including phenoxy) is 1. The number of H-pyrrole nitrogens is 1. The lowest BCUT2D eigenvalue weighted by Gasteiger charge is -2.20. The minimum atomic E-state index is -0.815. The van der Waals surface area contributed by atoms with Crippen LogP contribution in [0.4, 0.5) is 0 Å². The smallest absolute Gasteiger partial charge is 0.312 e. The fourth-order valence-corrected chi connectivity index (χ4v) is 2.93. The first-order valence-electron chi connectivity index (χ1n) is 8.01. The zero-order valence-electron chi connectivity index (χ0n) is 13.4. The van der Waals surface area contributed by atoms with E-state index in [1.807, 2.05) is 0 Å². The Morgan fingerprint density at radius 3 is 2.62 bits per heavy atom. The predicted molar refractivity (Wildman–Crippen MR) is 87.4 cm³/mol. The van der Waals surface area contributed by atoms with E-state index >= 15 is 0 Å². The molecule has 0 unspecified atom stereocenters. The van der Waals surface area contributed by atoms with Gasteiger partial charge in [-0.2, -0.15) is 5.10 Å². The molecule has 1 amide bonds. The molecule has 3 rings (SSSR count). The Morgan fingerprint density at radius 2 is 1.92 bits per heavy atom. The SMILES string of the molecule is C[C@@H](OC(=O)Cc1n[nH]c(=O)c2ccccc12)C(=O)N1CCCC1. The van der Waals surface area contributed by atoms with Crippen molar-refractivity contribution >= 4 is 22.6 Å². The molecule has 7 heteroatoms. The van der Waals surface area contributed by atoms with Crippen molar-refractivity contribution in [1.29, 1.82) is 0 Å². The van der Waals surface area contributed by atoms with Crippen LogP contribution in [0, 0.1) is 0 Å². The average molecular weight is 329 g/mol. The van der Waals surface area contributed by atoms with E-state index in [1.165, 1.54) is 0 Å². The molecule has 1 atom stereocenters. The van der Waals surface area contributed by atoms with Gasteiger partial charge < -0.3 is 9.64 Å². The highest BCUT2D eigenvalue weighted by Crippen LogP contribution is 2.14. The van der Waals surface area contributed by atoms with Crippen LogP contribution in [0.25, 0.3) is 10.8 Å². The van der Waals surface area contributed by atoms with E-state index in [9.17, 15) is 14.4 Å². The van der Waals surface area contributed by atoms with Gasteiger partial charge in [0.05, 0.1) is 17.5 Å². The van der Waals surface area contributed by atoms with Crippen LogP contribution in [0.3, 0.4) is 0 Å². The van der Waals surface area contributed by atoms with Crippen LogP contribution in [0.5, 0.6) is 0 Å². The summed E-state index contributed by atoms with van der Waals surface area (Å²) in [6.07, 6.45) is 1.05. The maximum atomic E-state index is 12.2. The minimum Gasteiger partial charge on any atom is -0.452 e. The number of esters is 1. The molecular formula is C17H19N3O4. The molecule has 0 radical (unpaired) electrons. The van der Waals surface area contributed by atoms with Gasteiger partial charge in [0.1, 0.15) is 0 Å². The molecule has 1 aromatic carbocycles. The molecule has 2 aromatic rings. The van der Waals surface area contributed by atoms with Crippen molar-refractivity contribution in [1.82, 2.24) is 15.1 Å². The number of fused-ring (bicyclic) bond motifs is 1. The molecule has 0 aliphatic carbocycles. The summed E-state index contributed by atoms with van der Waals surface area (Å²) in [4.78, 5) is 37.8. The fourth-order valence-electron chi connectivity index (χ4n) is 2.93. The van der Waals surface area contributed by atoms with E-state index in [0.717, 1.165) is 12.8 Å². The summed E-state index contributed by atoms with van der Waals surface area (Å²) >= 11 is 0. The molecule has 1 fully saturated rings. The van der Waals surface area contributed by atoms with Gasteiger partial charge >= 0.3 is 5.97 Å². The summed E-state index contributed by atoms with van der Waals surface area (Å²) in [5.74, 6) is -0.708. The summed E-state index contributed by atoms with van der Waals surface area (Å²) in [5.41, 5.74) is 0.122. The highest BCUT2D eigenvalue weighted by atomic mass is 16.5. The summed E-state index contributed by atoms with van der Waals surface area (Å²) in [7, 11) is 0. The van der Waals surface area contributed by atoms with Crippen molar-refractivity contribution in [2.75, 3.05) is 13.1 Å². The second-order valence-corrected chi connectivity index (χ2v) is 5.89. The molecule has 24 heavy (non-hydrogen) atoms. The van der Waals surface area contributed by atoms with E-state index in [-0.39, 0.29) is 17.9 Å². The van der Waals surface area contributed by atoms with E-state index in [4.69, 9.17) is 4.74 Å². The molecule has 0 spiro atoms. The van der Waals surface area contributed by atoms with Crippen LogP contribution < -0.4 is 5.56 Å². The van der Waals surface area contributed by atoms with Crippen molar-refractivity contribution in [3.63, 3.8) is 0 Å². The van der Waals surface area contributed by atoms with Crippen LogP contribution in [0.15, 0.2) is 29.1 Å². The van der Waals surface area contributed by atoms with Crippen molar-refractivity contribution in [2.24, 2.45) is 0 Å². The Labute approximate surface area is 138 Å². The summed E-state index contributed by atoms with van der Waals surface area (Å²) in [5, 5.41) is 7.40. The van der Waals surface area contributed by atoms with E-state index in [2.05, 4.69) is 10.2 Å². The van der Waals surface area contributed by atoms with Gasteiger partial charge in [0.15, 0.2) is 6.10 Å². The lowest BCUT2D eigenvalue weighted by atomic mass is 10.1. The monoisotopic (exact) mass is 329 g/mol. The fraction of sp³-hybridized carbons (Fsp3) is 0.412. The van der Waals surface area contributed by atoms with Crippen LogP contribution in [0.1, 0.15) is 25.5 Å². The molecule has 1 aromatic heterocycles. The Morgan fingerprint density at radius 1 is 1.25 bits per heavy atom. The number of amides is 1. The first-order valence-corrected chi connectivity index (χ1v) is 8.01. The van der Waals surface area contributed by atoms with Gasteiger partial charge in [-0.15, -0.1) is 0 Å². The van der Waals surface area contributed by atoms with Gasteiger partial charge in [0, 0.05) is 18.5 Å². The highest BCUT2D eigenvalue weighted by Gasteiger charge is 2.26. The second kappa shape index (κ2) is 6.82. The van der Waals surface area contributed by atoms with Gasteiger partial charge in [0.2, 0.25) is 0 Å². The van der Waals surface area contributed by atoms with E-state index < -0.39 is 12.1 Å². The Balaban J connectivity index is 1.70. The first-order chi connectivity index (χ1) is 11.6. The van der Waals surface area contributed by atoms with Crippen LogP contribution in [-0.4, -0.2) is 46.2 Å². The molecule has 2 heterocycles. The van der Waals surface area contributed by atoms with Gasteiger partial charge in [0.25, 0.3) is 11.5 Å². The maximum absolute atomic E-state index is 12.2. The molecule has 1 aliphatic heterocycles. The lowest BCUT2D eigenvalue weighted by molar-refractivity contribution is -0.158. The minimum absolute atomic E-state index is 0.102.